The smallest absolute Gasteiger partial charge is 0.225 e. The van der Waals surface area contributed by atoms with Crippen LogP contribution in [0.1, 0.15) is 32.6 Å². The van der Waals surface area contributed by atoms with Gasteiger partial charge < -0.3 is 11.1 Å². The van der Waals surface area contributed by atoms with E-state index in [0.29, 0.717) is 17.2 Å². The number of nitrogens with two attached hydrogens (primary N) is 1. The van der Waals surface area contributed by atoms with Crippen molar-refractivity contribution in [3.05, 3.63) is 24.0 Å². The molecule has 0 saturated carbocycles. The van der Waals surface area contributed by atoms with Crippen LogP contribution in [0.15, 0.2) is 18.2 Å². The summed E-state index contributed by atoms with van der Waals surface area (Å²) in [7, 11) is -0.989. The molecule has 0 aliphatic rings. The molecule has 4 nitrogen and oxygen atoms in total. The first kappa shape index (κ1) is 16.6. The van der Waals surface area contributed by atoms with Crippen LogP contribution >= 0.6 is 0 Å². The van der Waals surface area contributed by atoms with Crippen molar-refractivity contribution in [1.29, 1.82) is 0 Å². The number of unbranched alkanes of at least 4 members (excludes halogenated alkanes) is 2. The highest BCUT2D eigenvalue weighted by molar-refractivity contribution is 7.84. The number of amides is 1. The lowest BCUT2D eigenvalue weighted by Crippen LogP contribution is -2.16. The summed E-state index contributed by atoms with van der Waals surface area (Å²) in [5, 5.41) is 2.45. The summed E-state index contributed by atoms with van der Waals surface area (Å²) in [6.45, 7) is 2.08. The summed E-state index contributed by atoms with van der Waals surface area (Å²) in [5.41, 5.74) is 5.97. The molecule has 1 atom stereocenters. The molecule has 1 aromatic rings. The molecule has 3 N–H and O–H groups in total. The highest BCUT2D eigenvalue weighted by Crippen LogP contribution is 2.17. The number of halogens is 1. The Hall–Kier alpha value is -1.43. The molecule has 0 radical (unpaired) electrons. The number of nitrogen functional groups attached to an aromatic ring is 1. The highest BCUT2D eigenvalue weighted by atomic mass is 32.2. The number of rotatable bonds is 8. The Morgan fingerprint density at radius 1 is 1.35 bits per heavy atom. The monoisotopic (exact) mass is 300 g/mol. The second-order valence-electron chi connectivity index (χ2n) is 4.59. The van der Waals surface area contributed by atoms with Crippen molar-refractivity contribution in [1.82, 2.24) is 0 Å². The van der Waals surface area contributed by atoms with E-state index in [9.17, 15) is 13.4 Å². The van der Waals surface area contributed by atoms with Crippen LogP contribution in [0.4, 0.5) is 15.8 Å². The largest absolute Gasteiger partial charge is 0.399 e. The van der Waals surface area contributed by atoms with Crippen molar-refractivity contribution in [2.45, 2.75) is 32.6 Å². The third-order valence-electron chi connectivity index (χ3n) is 2.80. The van der Waals surface area contributed by atoms with Gasteiger partial charge in [-0.3, -0.25) is 9.00 Å². The quantitative estimate of drug-likeness (QED) is 0.572. The Bertz CT molecular complexity index is 480. The van der Waals surface area contributed by atoms with Gasteiger partial charge in [0.1, 0.15) is 5.82 Å². The molecule has 0 aliphatic heterocycles. The van der Waals surface area contributed by atoms with E-state index in [0.717, 1.165) is 19.3 Å². The molecule has 1 aromatic carbocycles. The summed E-state index contributed by atoms with van der Waals surface area (Å²) in [5.74, 6) is 0.0442. The first-order valence-electron chi connectivity index (χ1n) is 6.72. The van der Waals surface area contributed by atoms with Gasteiger partial charge in [-0.15, -0.1) is 0 Å². The molecule has 1 unspecified atom stereocenters. The molecular formula is C14H21FN2O2S. The predicted octanol–water partition coefficient (Wildman–Crippen LogP) is 2.68. The fraction of sp³-hybridized carbons (Fsp3) is 0.500. The van der Waals surface area contributed by atoms with Crippen LogP contribution in [-0.4, -0.2) is 21.6 Å². The number of benzene rings is 1. The van der Waals surface area contributed by atoms with E-state index in [1.807, 2.05) is 0 Å². The number of carbonyl (C=O) groups is 1. The van der Waals surface area contributed by atoms with E-state index >= 15 is 0 Å². The summed E-state index contributed by atoms with van der Waals surface area (Å²) >= 11 is 0. The average Bonchev–Trinajstić information content (AvgIpc) is 2.41. The Balaban J connectivity index is 2.36. The third kappa shape index (κ3) is 6.14. The minimum atomic E-state index is -0.989. The van der Waals surface area contributed by atoms with Gasteiger partial charge in [-0.05, 0) is 24.6 Å². The zero-order chi connectivity index (χ0) is 15.0. The van der Waals surface area contributed by atoms with E-state index in [2.05, 4.69) is 12.2 Å². The van der Waals surface area contributed by atoms with Gasteiger partial charge in [-0.25, -0.2) is 4.39 Å². The van der Waals surface area contributed by atoms with Crippen LogP contribution < -0.4 is 11.1 Å². The molecule has 1 rings (SSSR count). The number of carbonyl (C=O) groups excluding carboxylic acids is 1. The Kier molecular flexibility index (Phi) is 7.22. The summed E-state index contributed by atoms with van der Waals surface area (Å²) in [4.78, 5) is 11.7. The summed E-state index contributed by atoms with van der Waals surface area (Å²) in [6, 6.07) is 3.99. The van der Waals surface area contributed by atoms with E-state index in [1.54, 1.807) is 0 Å². The fourth-order valence-corrected chi connectivity index (χ4v) is 2.82. The van der Waals surface area contributed by atoms with Crippen LogP contribution in [0.5, 0.6) is 0 Å². The van der Waals surface area contributed by atoms with E-state index in [4.69, 9.17) is 5.73 Å². The van der Waals surface area contributed by atoms with Gasteiger partial charge in [0, 0.05) is 34.4 Å². The van der Waals surface area contributed by atoms with Crippen molar-refractivity contribution in [2.24, 2.45) is 0 Å². The van der Waals surface area contributed by atoms with Gasteiger partial charge in [0.25, 0.3) is 0 Å². The second-order valence-corrected chi connectivity index (χ2v) is 6.29. The zero-order valence-corrected chi connectivity index (χ0v) is 12.5. The average molecular weight is 300 g/mol. The maximum absolute atomic E-state index is 13.4. The van der Waals surface area contributed by atoms with Gasteiger partial charge in [0.2, 0.25) is 5.91 Å². The molecule has 0 fully saturated rings. The lowest BCUT2D eigenvalue weighted by molar-refractivity contribution is -0.115. The molecule has 0 bridgehead atoms. The van der Waals surface area contributed by atoms with Crippen LogP contribution in [0.2, 0.25) is 0 Å². The van der Waals surface area contributed by atoms with Crippen molar-refractivity contribution >= 4 is 28.1 Å². The van der Waals surface area contributed by atoms with Gasteiger partial charge in [0.15, 0.2) is 0 Å². The summed E-state index contributed by atoms with van der Waals surface area (Å²) in [6.07, 6.45) is 3.15. The Morgan fingerprint density at radius 3 is 2.80 bits per heavy atom. The molecule has 0 spiro atoms. The lowest BCUT2D eigenvalue weighted by Gasteiger charge is -2.07. The highest BCUT2D eigenvalue weighted by Gasteiger charge is 2.09. The van der Waals surface area contributed by atoms with Crippen LogP contribution in [0.25, 0.3) is 0 Å². The Morgan fingerprint density at radius 2 is 2.10 bits per heavy atom. The maximum Gasteiger partial charge on any atom is 0.225 e. The Labute approximate surface area is 121 Å². The number of nitrogens with one attached hydrogen (secondary N) is 1. The first-order chi connectivity index (χ1) is 9.52. The number of hydrogen-bond donors (Lipinski definition) is 2. The fourth-order valence-electron chi connectivity index (χ4n) is 1.67. The van der Waals surface area contributed by atoms with Crippen molar-refractivity contribution < 1.29 is 13.4 Å². The lowest BCUT2D eigenvalue weighted by atomic mass is 10.2. The molecule has 20 heavy (non-hydrogen) atoms. The van der Waals surface area contributed by atoms with Gasteiger partial charge in [-0.2, -0.15) is 0 Å². The van der Waals surface area contributed by atoms with E-state index in [1.165, 1.54) is 18.2 Å². The van der Waals surface area contributed by atoms with Crippen molar-refractivity contribution in [3.8, 4) is 0 Å². The van der Waals surface area contributed by atoms with E-state index < -0.39 is 16.6 Å². The third-order valence-corrected chi connectivity index (χ3v) is 4.20. The zero-order valence-electron chi connectivity index (χ0n) is 11.7. The minimum Gasteiger partial charge on any atom is -0.399 e. The molecule has 0 heterocycles. The second kappa shape index (κ2) is 8.68. The molecule has 0 aromatic heterocycles. The van der Waals surface area contributed by atoms with E-state index in [-0.39, 0.29) is 18.0 Å². The molecule has 1 amide bonds. The van der Waals surface area contributed by atoms with Crippen LogP contribution in [0, 0.1) is 5.82 Å². The summed E-state index contributed by atoms with van der Waals surface area (Å²) < 4.78 is 25.0. The first-order valence-corrected chi connectivity index (χ1v) is 8.21. The molecular weight excluding hydrogens is 279 g/mol. The normalized spacial score (nSPS) is 12.1. The molecule has 112 valence electrons. The van der Waals surface area contributed by atoms with Crippen molar-refractivity contribution in [3.63, 3.8) is 0 Å². The number of hydrogen-bond acceptors (Lipinski definition) is 3. The SMILES string of the molecule is CCCCCS(=O)CCC(=O)Nc1cc(N)ccc1F. The maximum atomic E-state index is 13.4. The van der Waals surface area contributed by atoms with Gasteiger partial charge >= 0.3 is 0 Å². The number of anilines is 2. The van der Waals surface area contributed by atoms with Crippen molar-refractivity contribution in [2.75, 3.05) is 22.6 Å². The molecule has 0 saturated heterocycles. The topological polar surface area (TPSA) is 72.2 Å². The minimum absolute atomic E-state index is 0.0618. The molecule has 6 heteroatoms. The van der Waals surface area contributed by atoms with Crippen LogP contribution in [-0.2, 0) is 15.6 Å². The van der Waals surface area contributed by atoms with Gasteiger partial charge in [-0.1, -0.05) is 19.8 Å². The standard InChI is InChI=1S/C14H21FN2O2S/c1-2-3-4-8-20(19)9-7-14(18)17-13-10-11(16)5-6-12(13)15/h5-6,10H,2-4,7-9,16H2,1H3,(H,17,18). The van der Waals surface area contributed by atoms with Gasteiger partial charge in [0.05, 0.1) is 5.69 Å². The predicted molar refractivity (Wildman–Crippen MR) is 81.5 cm³/mol. The van der Waals surface area contributed by atoms with Crippen LogP contribution in [0.3, 0.4) is 0 Å². The molecule has 0 aliphatic carbocycles.